The van der Waals surface area contributed by atoms with Crippen molar-refractivity contribution in [3.8, 4) is 5.75 Å². The summed E-state index contributed by atoms with van der Waals surface area (Å²) in [5.41, 5.74) is 0.577. The summed E-state index contributed by atoms with van der Waals surface area (Å²) in [5, 5.41) is 10.2. The molecule has 0 bridgehead atoms. The van der Waals surface area contributed by atoms with Crippen molar-refractivity contribution in [2.75, 3.05) is 12.4 Å². The molecule has 1 N–H and O–H groups in total. The van der Waals surface area contributed by atoms with Crippen molar-refractivity contribution in [1.82, 2.24) is 10.2 Å². The fourth-order valence-electron chi connectivity index (χ4n) is 1.22. The van der Waals surface area contributed by atoms with Crippen LogP contribution in [0.3, 0.4) is 0 Å². The van der Waals surface area contributed by atoms with Gasteiger partial charge in [0.25, 0.3) is 0 Å². The first-order valence-corrected chi connectivity index (χ1v) is 5.25. The Balaban J connectivity index is 2.18. The van der Waals surface area contributed by atoms with Crippen molar-refractivity contribution >= 4 is 23.3 Å². The Morgan fingerprint density at radius 1 is 1.47 bits per heavy atom. The van der Waals surface area contributed by atoms with Crippen LogP contribution in [0.15, 0.2) is 22.6 Å². The van der Waals surface area contributed by atoms with E-state index < -0.39 is 5.82 Å². The molecule has 0 aliphatic heterocycles. The SMILES string of the molecule is COc1cc(Nc2nnc(CCl)o2)ccc1F. The molecule has 0 spiro atoms. The first kappa shape index (κ1) is 11.7. The maximum absolute atomic E-state index is 13.1. The summed E-state index contributed by atoms with van der Waals surface area (Å²) in [6, 6.07) is 4.48. The molecular formula is C10H9ClFN3O2. The van der Waals surface area contributed by atoms with E-state index in [0.717, 1.165) is 0 Å². The summed E-state index contributed by atoms with van der Waals surface area (Å²) >= 11 is 5.52. The first-order valence-electron chi connectivity index (χ1n) is 4.72. The maximum atomic E-state index is 13.1. The van der Waals surface area contributed by atoms with Gasteiger partial charge in [-0.15, -0.1) is 16.7 Å². The number of benzene rings is 1. The minimum absolute atomic E-state index is 0.132. The van der Waals surface area contributed by atoms with Crippen molar-refractivity contribution in [3.63, 3.8) is 0 Å². The summed E-state index contributed by atoms with van der Waals surface area (Å²) in [5.74, 6) is 0.141. The molecule has 0 aliphatic rings. The van der Waals surface area contributed by atoms with Gasteiger partial charge in [0.15, 0.2) is 11.6 Å². The lowest BCUT2D eigenvalue weighted by molar-refractivity contribution is 0.387. The highest BCUT2D eigenvalue weighted by atomic mass is 35.5. The minimum Gasteiger partial charge on any atom is -0.494 e. The second-order valence-electron chi connectivity index (χ2n) is 3.11. The van der Waals surface area contributed by atoms with E-state index >= 15 is 0 Å². The predicted octanol–water partition coefficient (Wildman–Crippen LogP) is 2.70. The van der Waals surface area contributed by atoms with Crippen LogP contribution in [0.2, 0.25) is 0 Å². The van der Waals surface area contributed by atoms with Gasteiger partial charge >= 0.3 is 6.01 Å². The Bertz CT molecular complexity index is 518. The van der Waals surface area contributed by atoms with Crippen LogP contribution in [-0.4, -0.2) is 17.3 Å². The van der Waals surface area contributed by atoms with Crippen LogP contribution < -0.4 is 10.1 Å². The summed E-state index contributed by atoms with van der Waals surface area (Å²) in [6.45, 7) is 0. The summed E-state index contributed by atoms with van der Waals surface area (Å²) < 4.78 is 23.1. The number of nitrogens with zero attached hydrogens (tertiary/aromatic N) is 2. The van der Waals surface area contributed by atoms with Gasteiger partial charge in [0, 0.05) is 11.8 Å². The van der Waals surface area contributed by atoms with Gasteiger partial charge < -0.3 is 14.5 Å². The molecule has 0 fully saturated rings. The molecule has 2 aromatic rings. The molecule has 0 saturated heterocycles. The van der Waals surface area contributed by atoms with E-state index in [1.807, 2.05) is 0 Å². The topological polar surface area (TPSA) is 60.2 Å². The lowest BCUT2D eigenvalue weighted by Gasteiger charge is -2.05. The zero-order chi connectivity index (χ0) is 12.3. The number of aromatic nitrogens is 2. The molecule has 0 aliphatic carbocycles. The van der Waals surface area contributed by atoms with Crippen LogP contribution in [0.4, 0.5) is 16.1 Å². The molecular weight excluding hydrogens is 249 g/mol. The van der Waals surface area contributed by atoms with Crippen LogP contribution in [0.25, 0.3) is 0 Å². The van der Waals surface area contributed by atoms with Crippen molar-refractivity contribution in [2.45, 2.75) is 5.88 Å². The van der Waals surface area contributed by atoms with Gasteiger partial charge in [0.2, 0.25) is 5.89 Å². The number of hydrogen-bond acceptors (Lipinski definition) is 5. The Hall–Kier alpha value is -1.82. The van der Waals surface area contributed by atoms with E-state index in [4.69, 9.17) is 20.8 Å². The number of alkyl halides is 1. The predicted molar refractivity (Wildman–Crippen MR) is 60.1 cm³/mol. The maximum Gasteiger partial charge on any atom is 0.320 e. The molecule has 1 aromatic heterocycles. The smallest absolute Gasteiger partial charge is 0.320 e. The fourth-order valence-corrected chi connectivity index (χ4v) is 1.33. The molecule has 1 aromatic carbocycles. The third-order valence-electron chi connectivity index (χ3n) is 1.98. The van der Waals surface area contributed by atoms with E-state index in [0.29, 0.717) is 11.6 Å². The van der Waals surface area contributed by atoms with Crippen molar-refractivity contribution in [1.29, 1.82) is 0 Å². The second-order valence-corrected chi connectivity index (χ2v) is 3.38. The molecule has 0 unspecified atom stereocenters. The minimum atomic E-state index is -0.440. The number of halogens is 2. The number of anilines is 2. The summed E-state index contributed by atoms with van der Waals surface area (Å²) in [7, 11) is 1.39. The Kier molecular flexibility index (Phi) is 3.43. The highest BCUT2D eigenvalue weighted by Gasteiger charge is 2.07. The van der Waals surface area contributed by atoms with Crippen LogP contribution >= 0.6 is 11.6 Å². The van der Waals surface area contributed by atoms with Gasteiger partial charge in [-0.1, -0.05) is 5.10 Å². The molecule has 7 heteroatoms. The Morgan fingerprint density at radius 2 is 2.29 bits per heavy atom. The Morgan fingerprint density at radius 3 is 2.94 bits per heavy atom. The summed E-state index contributed by atoms with van der Waals surface area (Å²) in [6.07, 6.45) is 0. The molecule has 17 heavy (non-hydrogen) atoms. The van der Waals surface area contributed by atoms with E-state index in [-0.39, 0.29) is 17.6 Å². The first-order chi connectivity index (χ1) is 8.22. The van der Waals surface area contributed by atoms with E-state index in [1.165, 1.54) is 25.3 Å². The van der Waals surface area contributed by atoms with Gasteiger partial charge in [-0.3, -0.25) is 0 Å². The summed E-state index contributed by atoms with van der Waals surface area (Å²) in [4.78, 5) is 0. The number of methoxy groups -OCH3 is 1. The third kappa shape index (κ3) is 2.65. The van der Waals surface area contributed by atoms with Crippen LogP contribution in [-0.2, 0) is 5.88 Å². The fraction of sp³-hybridized carbons (Fsp3) is 0.200. The number of rotatable bonds is 4. The van der Waals surface area contributed by atoms with Crippen molar-refractivity contribution in [3.05, 3.63) is 29.9 Å². The highest BCUT2D eigenvalue weighted by Crippen LogP contribution is 2.23. The zero-order valence-electron chi connectivity index (χ0n) is 8.91. The van der Waals surface area contributed by atoms with Crippen LogP contribution in [0.5, 0.6) is 5.75 Å². The molecule has 90 valence electrons. The van der Waals surface area contributed by atoms with Gasteiger partial charge in [-0.2, -0.15) is 0 Å². The van der Waals surface area contributed by atoms with Gasteiger partial charge in [-0.05, 0) is 12.1 Å². The van der Waals surface area contributed by atoms with Crippen LogP contribution in [0, 0.1) is 5.82 Å². The molecule has 1 heterocycles. The molecule has 0 atom stereocenters. The highest BCUT2D eigenvalue weighted by molar-refractivity contribution is 6.16. The van der Waals surface area contributed by atoms with Crippen LogP contribution in [0.1, 0.15) is 5.89 Å². The van der Waals surface area contributed by atoms with Crippen molar-refractivity contribution in [2.24, 2.45) is 0 Å². The second kappa shape index (κ2) is 5.01. The molecule has 2 rings (SSSR count). The molecule has 0 radical (unpaired) electrons. The van der Waals surface area contributed by atoms with Crippen molar-refractivity contribution < 1.29 is 13.5 Å². The third-order valence-corrected chi connectivity index (χ3v) is 2.21. The number of nitrogens with one attached hydrogen (secondary N) is 1. The average molecular weight is 258 g/mol. The quantitative estimate of drug-likeness (QED) is 0.854. The largest absolute Gasteiger partial charge is 0.494 e. The molecule has 0 amide bonds. The van der Waals surface area contributed by atoms with E-state index in [1.54, 1.807) is 0 Å². The monoisotopic (exact) mass is 257 g/mol. The lowest BCUT2D eigenvalue weighted by atomic mass is 10.3. The zero-order valence-corrected chi connectivity index (χ0v) is 9.66. The number of hydrogen-bond donors (Lipinski definition) is 1. The van der Waals surface area contributed by atoms with Gasteiger partial charge in [0.1, 0.15) is 5.88 Å². The lowest BCUT2D eigenvalue weighted by Crippen LogP contribution is -1.93. The average Bonchev–Trinajstić information content (AvgIpc) is 2.79. The van der Waals surface area contributed by atoms with Gasteiger partial charge in [0.05, 0.1) is 7.11 Å². The number of ether oxygens (including phenoxy) is 1. The van der Waals surface area contributed by atoms with E-state index in [9.17, 15) is 4.39 Å². The van der Waals surface area contributed by atoms with Gasteiger partial charge in [-0.25, -0.2) is 4.39 Å². The standard InChI is InChI=1S/C10H9ClFN3O2/c1-16-8-4-6(2-3-7(8)12)13-10-15-14-9(5-11)17-10/h2-4H,5H2,1H3,(H,13,15). The Labute approximate surface area is 102 Å². The van der Waals surface area contributed by atoms with E-state index in [2.05, 4.69) is 15.5 Å². The molecule has 5 nitrogen and oxygen atoms in total. The molecule has 0 saturated carbocycles. The normalized spacial score (nSPS) is 10.3.